The Morgan fingerprint density at radius 3 is 2.50 bits per heavy atom. The molecule has 5 heteroatoms. The van der Waals surface area contributed by atoms with Crippen LogP contribution >= 0.6 is 0 Å². The van der Waals surface area contributed by atoms with Gasteiger partial charge in [-0.15, -0.1) is 0 Å². The van der Waals surface area contributed by atoms with Gasteiger partial charge in [0.15, 0.2) is 6.29 Å². The van der Waals surface area contributed by atoms with Crippen molar-refractivity contribution in [2.45, 2.75) is 45.2 Å². The Balaban J connectivity index is 2.68. The smallest absolute Gasteiger partial charge is 0.162 e. The zero-order valence-corrected chi connectivity index (χ0v) is 11.6. The Labute approximate surface area is 109 Å². The van der Waals surface area contributed by atoms with E-state index in [9.17, 15) is 4.79 Å². The van der Waals surface area contributed by atoms with Crippen molar-refractivity contribution in [3.05, 3.63) is 0 Å². The zero-order chi connectivity index (χ0) is 13.5. The molecule has 1 fully saturated rings. The van der Waals surface area contributed by atoms with E-state index >= 15 is 0 Å². The van der Waals surface area contributed by atoms with Crippen LogP contribution in [0.5, 0.6) is 0 Å². The molecule has 1 aliphatic rings. The average Bonchev–Trinajstić information content (AvgIpc) is 2.38. The Hall–Kier alpha value is -0.490. The summed E-state index contributed by atoms with van der Waals surface area (Å²) in [7, 11) is 3.23. The molecule has 0 spiro atoms. The van der Waals surface area contributed by atoms with Crippen molar-refractivity contribution in [1.82, 2.24) is 0 Å². The molecular weight excluding hydrogens is 236 g/mol. The molecule has 0 aliphatic carbocycles. The fourth-order valence-electron chi connectivity index (χ4n) is 2.55. The molecule has 0 N–H and O–H groups in total. The molecule has 0 amide bonds. The van der Waals surface area contributed by atoms with Gasteiger partial charge in [-0.05, 0) is 6.42 Å². The molecule has 18 heavy (non-hydrogen) atoms. The molecule has 1 aliphatic heterocycles. The van der Waals surface area contributed by atoms with E-state index in [1.165, 1.54) is 0 Å². The number of ether oxygens (including phenoxy) is 4. The van der Waals surface area contributed by atoms with Crippen molar-refractivity contribution in [2.24, 2.45) is 11.8 Å². The summed E-state index contributed by atoms with van der Waals surface area (Å²) in [5, 5.41) is 0. The Kier molecular flexibility index (Phi) is 6.78. The van der Waals surface area contributed by atoms with Crippen LogP contribution in [-0.2, 0) is 23.7 Å². The highest BCUT2D eigenvalue weighted by Crippen LogP contribution is 2.34. The van der Waals surface area contributed by atoms with Gasteiger partial charge in [-0.25, -0.2) is 0 Å². The fourth-order valence-corrected chi connectivity index (χ4v) is 2.55. The van der Waals surface area contributed by atoms with E-state index < -0.39 is 0 Å². The van der Waals surface area contributed by atoms with E-state index in [2.05, 4.69) is 6.92 Å². The lowest BCUT2D eigenvalue weighted by Gasteiger charge is -2.43. The molecule has 1 saturated heterocycles. The lowest BCUT2D eigenvalue weighted by molar-refractivity contribution is -0.271. The van der Waals surface area contributed by atoms with Gasteiger partial charge < -0.3 is 23.7 Å². The standard InChI is InChI=1S/C13H24O5/c1-9-11(6-5-7-14)18-13(16-4)10(2)12(9)17-8-15-3/h7,9-13H,5-6,8H2,1-4H3/t9-,10-,11+,12+,13-/m1/s1. The molecule has 0 aromatic carbocycles. The second-order valence-corrected chi connectivity index (χ2v) is 4.78. The van der Waals surface area contributed by atoms with Gasteiger partial charge in [0, 0.05) is 32.5 Å². The van der Waals surface area contributed by atoms with Crippen molar-refractivity contribution in [3.8, 4) is 0 Å². The first-order valence-electron chi connectivity index (χ1n) is 6.38. The van der Waals surface area contributed by atoms with E-state index in [0.29, 0.717) is 12.8 Å². The summed E-state index contributed by atoms with van der Waals surface area (Å²) in [6.45, 7) is 4.38. The number of hydrogen-bond acceptors (Lipinski definition) is 5. The molecule has 0 unspecified atom stereocenters. The normalized spacial score (nSPS) is 36.6. The second kappa shape index (κ2) is 7.84. The first kappa shape index (κ1) is 15.6. The first-order valence-corrected chi connectivity index (χ1v) is 6.38. The summed E-state index contributed by atoms with van der Waals surface area (Å²) in [4.78, 5) is 10.5. The Morgan fingerprint density at radius 2 is 1.94 bits per heavy atom. The predicted octanol–water partition coefficient (Wildman–Crippen LogP) is 1.60. The van der Waals surface area contributed by atoms with Crippen LogP contribution in [0.15, 0.2) is 0 Å². The molecule has 5 nitrogen and oxygen atoms in total. The van der Waals surface area contributed by atoms with Crippen LogP contribution in [0.1, 0.15) is 26.7 Å². The molecular formula is C13H24O5. The number of aldehydes is 1. The topological polar surface area (TPSA) is 54.0 Å². The molecule has 0 aromatic rings. The quantitative estimate of drug-likeness (QED) is 0.514. The maximum absolute atomic E-state index is 10.5. The van der Waals surface area contributed by atoms with Crippen molar-refractivity contribution in [3.63, 3.8) is 0 Å². The van der Waals surface area contributed by atoms with Crippen molar-refractivity contribution < 1.29 is 23.7 Å². The molecule has 1 rings (SSSR count). The first-order chi connectivity index (χ1) is 8.65. The van der Waals surface area contributed by atoms with Crippen LogP contribution in [-0.4, -0.2) is 45.8 Å². The van der Waals surface area contributed by atoms with Gasteiger partial charge in [0.05, 0.1) is 12.2 Å². The van der Waals surface area contributed by atoms with E-state index in [1.54, 1.807) is 14.2 Å². The summed E-state index contributed by atoms with van der Waals surface area (Å²) in [5.74, 6) is 0.342. The maximum Gasteiger partial charge on any atom is 0.162 e. The molecule has 0 radical (unpaired) electrons. The van der Waals surface area contributed by atoms with Gasteiger partial charge in [-0.2, -0.15) is 0 Å². The van der Waals surface area contributed by atoms with Crippen molar-refractivity contribution in [1.29, 1.82) is 0 Å². The van der Waals surface area contributed by atoms with E-state index in [4.69, 9.17) is 18.9 Å². The molecule has 5 atom stereocenters. The zero-order valence-electron chi connectivity index (χ0n) is 11.6. The summed E-state index contributed by atoms with van der Waals surface area (Å²) < 4.78 is 21.9. The van der Waals surface area contributed by atoms with Crippen LogP contribution in [0.25, 0.3) is 0 Å². The van der Waals surface area contributed by atoms with E-state index in [0.717, 1.165) is 6.29 Å². The SMILES string of the molecule is COCO[C@@H]1[C@@H](C)[C@H](OC)O[C@@H](CCC=O)[C@H]1C. The summed E-state index contributed by atoms with van der Waals surface area (Å²) in [5.41, 5.74) is 0. The number of rotatable bonds is 7. The monoisotopic (exact) mass is 260 g/mol. The number of carbonyl (C=O) groups excluding carboxylic acids is 1. The molecule has 0 aromatic heterocycles. The molecule has 106 valence electrons. The minimum Gasteiger partial charge on any atom is -0.359 e. The van der Waals surface area contributed by atoms with Gasteiger partial charge in [0.25, 0.3) is 0 Å². The predicted molar refractivity (Wildman–Crippen MR) is 66.0 cm³/mol. The van der Waals surface area contributed by atoms with Crippen LogP contribution in [0.2, 0.25) is 0 Å². The minimum atomic E-state index is -0.292. The highest BCUT2D eigenvalue weighted by atomic mass is 16.7. The van der Waals surface area contributed by atoms with Gasteiger partial charge in [0.1, 0.15) is 13.1 Å². The van der Waals surface area contributed by atoms with Gasteiger partial charge in [0.2, 0.25) is 0 Å². The van der Waals surface area contributed by atoms with Crippen LogP contribution in [0.3, 0.4) is 0 Å². The van der Waals surface area contributed by atoms with Crippen molar-refractivity contribution >= 4 is 6.29 Å². The third-order valence-corrected chi connectivity index (χ3v) is 3.54. The van der Waals surface area contributed by atoms with Crippen LogP contribution in [0, 0.1) is 11.8 Å². The average molecular weight is 260 g/mol. The molecule has 0 bridgehead atoms. The Morgan fingerprint density at radius 1 is 1.22 bits per heavy atom. The minimum absolute atomic E-state index is 0.0142. The largest absolute Gasteiger partial charge is 0.359 e. The third-order valence-electron chi connectivity index (χ3n) is 3.54. The highest BCUT2D eigenvalue weighted by molar-refractivity contribution is 5.49. The summed E-state index contributed by atoms with van der Waals surface area (Å²) in [6, 6.07) is 0. The Bertz CT molecular complexity index is 246. The number of methoxy groups -OCH3 is 2. The lowest BCUT2D eigenvalue weighted by atomic mass is 9.84. The summed E-state index contributed by atoms with van der Waals surface area (Å²) in [6.07, 6.45) is 1.82. The van der Waals surface area contributed by atoms with Crippen LogP contribution < -0.4 is 0 Å². The van der Waals surface area contributed by atoms with Gasteiger partial charge in [-0.1, -0.05) is 13.8 Å². The third kappa shape index (κ3) is 3.75. The molecule has 0 saturated carbocycles. The maximum atomic E-state index is 10.5. The second-order valence-electron chi connectivity index (χ2n) is 4.78. The summed E-state index contributed by atoms with van der Waals surface area (Å²) >= 11 is 0. The van der Waals surface area contributed by atoms with Crippen LogP contribution in [0.4, 0.5) is 0 Å². The van der Waals surface area contributed by atoms with E-state index in [1.807, 2.05) is 6.92 Å². The van der Waals surface area contributed by atoms with E-state index in [-0.39, 0.29) is 37.1 Å². The van der Waals surface area contributed by atoms with Gasteiger partial charge >= 0.3 is 0 Å². The number of hydrogen-bond donors (Lipinski definition) is 0. The molecule has 1 heterocycles. The number of carbonyl (C=O) groups is 1. The highest BCUT2D eigenvalue weighted by Gasteiger charge is 2.42. The van der Waals surface area contributed by atoms with Gasteiger partial charge in [-0.3, -0.25) is 0 Å². The fraction of sp³-hybridized carbons (Fsp3) is 0.923. The van der Waals surface area contributed by atoms with Crippen molar-refractivity contribution in [2.75, 3.05) is 21.0 Å². The lowest BCUT2D eigenvalue weighted by Crippen LogP contribution is -2.50.